The Morgan fingerprint density at radius 3 is 2.67 bits per heavy atom. The van der Waals surface area contributed by atoms with E-state index in [1.54, 1.807) is 0 Å². The molecule has 1 aliphatic rings. The molecular weight excluding hydrogens is 224 g/mol. The molecule has 0 aliphatic heterocycles. The summed E-state index contributed by atoms with van der Waals surface area (Å²) in [6.45, 7) is 5.75. The largest absolute Gasteiger partial charge is 0.491 e. The molecule has 1 aromatic rings. The van der Waals surface area contributed by atoms with Crippen molar-refractivity contribution in [2.45, 2.75) is 51.6 Å². The smallest absolute Gasteiger partial charge is 0.119 e. The Morgan fingerprint density at radius 1 is 1.17 bits per heavy atom. The van der Waals surface area contributed by atoms with Crippen molar-refractivity contribution in [3.63, 3.8) is 0 Å². The molecule has 1 aliphatic carbocycles. The van der Waals surface area contributed by atoms with Gasteiger partial charge in [0.1, 0.15) is 12.4 Å². The van der Waals surface area contributed by atoms with Gasteiger partial charge in [0.25, 0.3) is 0 Å². The lowest BCUT2D eigenvalue weighted by atomic mass is 10.0. The molecule has 2 rings (SSSR count). The van der Waals surface area contributed by atoms with Gasteiger partial charge in [0.2, 0.25) is 0 Å². The number of hydrogen-bond acceptors (Lipinski definition) is 2. The molecule has 0 amide bonds. The highest BCUT2D eigenvalue weighted by Gasteiger charge is 2.14. The molecule has 2 nitrogen and oxygen atoms in total. The van der Waals surface area contributed by atoms with Crippen LogP contribution in [0.1, 0.15) is 51.0 Å². The topological polar surface area (TPSA) is 18.5 Å². The molecule has 0 aromatic heterocycles. The van der Waals surface area contributed by atoms with E-state index in [0.717, 1.165) is 5.75 Å². The van der Waals surface area contributed by atoms with Gasteiger partial charge in [-0.15, -0.1) is 0 Å². The molecule has 1 saturated carbocycles. The van der Waals surface area contributed by atoms with Crippen LogP contribution >= 0.6 is 0 Å². The minimum absolute atomic E-state index is 0.482. The van der Waals surface area contributed by atoms with Crippen LogP contribution in [-0.4, -0.2) is 19.3 Å². The molecule has 0 saturated heterocycles. The van der Waals surface area contributed by atoms with E-state index in [2.05, 4.69) is 32.0 Å². The van der Waals surface area contributed by atoms with Crippen LogP contribution < -0.4 is 4.74 Å². The first-order chi connectivity index (χ1) is 8.75. The lowest BCUT2D eigenvalue weighted by molar-refractivity contribution is 0.0382. The molecule has 1 aromatic carbocycles. The maximum Gasteiger partial charge on any atom is 0.119 e. The highest BCUT2D eigenvalue weighted by molar-refractivity contribution is 5.30. The van der Waals surface area contributed by atoms with E-state index in [1.165, 1.54) is 31.2 Å². The zero-order chi connectivity index (χ0) is 12.8. The van der Waals surface area contributed by atoms with Gasteiger partial charge >= 0.3 is 0 Å². The Labute approximate surface area is 110 Å². The van der Waals surface area contributed by atoms with Crippen LogP contribution in [0.25, 0.3) is 0 Å². The summed E-state index contributed by atoms with van der Waals surface area (Å²) in [5.74, 6) is 1.50. The third-order valence-corrected chi connectivity index (χ3v) is 3.53. The molecule has 100 valence electrons. The Kier molecular flexibility index (Phi) is 5.06. The summed E-state index contributed by atoms with van der Waals surface area (Å²) in [5.41, 5.74) is 1.32. The van der Waals surface area contributed by atoms with Crippen LogP contribution in [0, 0.1) is 0 Å². The standard InChI is InChI=1S/C16H24O2/c1-13(2)14-6-5-9-16(12-14)18-11-10-17-15-7-3-4-8-15/h5-6,9,12-13,15H,3-4,7-8,10-11H2,1-2H3. The molecule has 0 N–H and O–H groups in total. The van der Waals surface area contributed by atoms with Crippen molar-refractivity contribution in [2.75, 3.05) is 13.2 Å². The highest BCUT2D eigenvalue weighted by atomic mass is 16.5. The highest BCUT2D eigenvalue weighted by Crippen LogP contribution is 2.21. The van der Waals surface area contributed by atoms with Gasteiger partial charge in [-0.2, -0.15) is 0 Å². The Morgan fingerprint density at radius 2 is 1.94 bits per heavy atom. The maximum absolute atomic E-state index is 5.78. The van der Waals surface area contributed by atoms with Gasteiger partial charge in [-0.3, -0.25) is 0 Å². The van der Waals surface area contributed by atoms with Gasteiger partial charge in [0.15, 0.2) is 0 Å². The fraction of sp³-hybridized carbons (Fsp3) is 0.625. The van der Waals surface area contributed by atoms with Crippen LogP contribution in [0.3, 0.4) is 0 Å². The first-order valence-electron chi connectivity index (χ1n) is 7.10. The monoisotopic (exact) mass is 248 g/mol. The van der Waals surface area contributed by atoms with Crippen molar-refractivity contribution >= 4 is 0 Å². The van der Waals surface area contributed by atoms with E-state index in [0.29, 0.717) is 25.2 Å². The van der Waals surface area contributed by atoms with Crippen molar-refractivity contribution in [2.24, 2.45) is 0 Å². The second kappa shape index (κ2) is 6.79. The Hall–Kier alpha value is -1.02. The molecule has 0 unspecified atom stereocenters. The summed E-state index contributed by atoms with van der Waals surface area (Å²) in [4.78, 5) is 0. The fourth-order valence-corrected chi connectivity index (χ4v) is 2.39. The minimum Gasteiger partial charge on any atom is -0.491 e. The lowest BCUT2D eigenvalue weighted by Crippen LogP contribution is -2.14. The van der Waals surface area contributed by atoms with E-state index in [4.69, 9.17) is 9.47 Å². The zero-order valence-corrected chi connectivity index (χ0v) is 11.5. The average Bonchev–Trinajstić information content (AvgIpc) is 2.88. The van der Waals surface area contributed by atoms with Gasteiger partial charge < -0.3 is 9.47 Å². The zero-order valence-electron chi connectivity index (χ0n) is 11.5. The summed E-state index contributed by atoms with van der Waals surface area (Å²) in [6.07, 6.45) is 5.57. The SMILES string of the molecule is CC(C)c1cccc(OCCOC2CCCC2)c1. The van der Waals surface area contributed by atoms with Crippen LogP contribution in [0.4, 0.5) is 0 Å². The quantitative estimate of drug-likeness (QED) is 0.704. The molecule has 0 spiro atoms. The second-order valence-corrected chi connectivity index (χ2v) is 5.35. The molecule has 0 atom stereocenters. The van der Waals surface area contributed by atoms with E-state index in [1.807, 2.05) is 6.07 Å². The number of benzene rings is 1. The van der Waals surface area contributed by atoms with E-state index >= 15 is 0 Å². The minimum atomic E-state index is 0.482. The van der Waals surface area contributed by atoms with Gasteiger partial charge in [0, 0.05) is 0 Å². The summed E-state index contributed by atoms with van der Waals surface area (Å²) in [6, 6.07) is 8.34. The third-order valence-electron chi connectivity index (χ3n) is 3.53. The lowest BCUT2D eigenvalue weighted by Gasteiger charge is -2.13. The van der Waals surface area contributed by atoms with Gasteiger partial charge in [-0.05, 0) is 36.5 Å². The van der Waals surface area contributed by atoms with Gasteiger partial charge in [0.05, 0.1) is 12.7 Å². The number of rotatable bonds is 6. The first kappa shape index (κ1) is 13.4. The van der Waals surface area contributed by atoms with Crippen molar-refractivity contribution in [1.82, 2.24) is 0 Å². The Balaban J connectivity index is 1.70. The van der Waals surface area contributed by atoms with E-state index < -0.39 is 0 Å². The van der Waals surface area contributed by atoms with Crippen molar-refractivity contribution in [3.8, 4) is 5.75 Å². The summed E-state index contributed by atoms with van der Waals surface area (Å²) in [7, 11) is 0. The Bertz CT molecular complexity index is 354. The number of hydrogen-bond donors (Lipinski definition) is 0. The van der Waals surface area contributed by atoms with Crippen molar-refractivity contribution < 1.29 is 9.47 Å². The normalized spacial score (nSPS) is 16.4. The predicted octanol–water partition coefficient (Wildman–Crippen LogP) is 4.15. The summed E-state index contributed by atoms with van der Waals surface area (Å²) >= 11 is 0. The van der Waals surface area contributed by atoms with Crippen LogP contribution in [0.5, 0.6) is 5.75 Å². The van der Waals surface area contributed by atoms with Crippen molar-refractivity contribution in [3.05, 3.63) is 29.8 Å². The average molecular weight is 248 g/mol. The van der Waals surface area contributed by atoms with Crippen LogP contribution in [0.2, 0.25) is 0 Å². The third kappa shape index (κ3) is 4.02. The molecule has 0 radical (unpaired) electrons. The number of ether oxygens (including phenoxy) is 2. The maximum atomic E-state index is 5.78. The van der Waals surface area contributed by atoms with Crippen LogP contribution in [-0.2, 0) is 4.74 Å². The van der Waals surface area contributed by atoms with Gasteiger partial charge in [-0.1, -0.05) is 38.8 Å². The summed E-state index contributed by atoms with van der Waals surface area (Å²) in [5, 5.41) is 0. The second-order valence-electron chi connectivity index (χ2n) is 5.35. The van der Waals surface area contributed by atoms with Crippen molar-refractivity contribution in [1.29, 1.82) is 0 Å². The molecule has 0 heterocycles. The fourth-order valence-electron chi connectivity index (χ4n) is 2.39. The van der Waals surface area contributed by atoms with Crippen LogP contribution in [0.15, 0.2) is 24.3 Å². The molecule has 18 heavy (non-hydrogen) atoms. The van der Waals surface area contributed by atoms with Gasteiger partial charge in [-0.25, -0.2) is 0 Å². The molecule has 1 fully saturated rings. The summed E-state index contributed by atoms with van der Waals surface area (Å²) < 4.78 is 11.5. The van der Waals surface area contributed by atoms with E-state index in [9.17, 15) is 0 Å². The predicted molar refractivity (Wildman–Crippen MR) is 74.2 cm³/mol. The van der Waals surface area contributed by atoms with E-state index in [-0.39, 0.29) is 0 Å². The molecule has 0 bridgehead atoms. The molecule has 2 heteroatoms. The first-order valence-corrected chi connectivity index (χ1v) is 7.10. The molecular formula is C16H24O2.